The highest BCUT2D eigenvalue weighted by molar-refractivity contribution is 6.47. The summed E-state index contributed by atoms with van der Waals surface area (Å²) in [5, 5.41) is 29.0. The fourth-order valence-electron chi connectivity index (χ4n) is 3.87. The van der Waals surface area contributed by atoms with Gasteiger partial charge in [0.25, 0.3) is 0 Å². The first kappa shape index (κ1) is 18.0. The Morgan fingerprint density at radius 1 is 1.16 bits per heavy atom. The van der Waals surface area contributed by atoms with Crippen LogP contribution in [0.15, 0.2) is 18.2 Å². The Labute approximate surface area is 147 Å². The molecule has 2 aliphatic rings. The number of carboxylic acid groups (broad SMARTS) is 1. The molecule has 1 saturated carbocycles. The van der Waals surface area contributed by atoms with Gasteiger partial charge in [-0.3, -0.25) is 4.79 Å². The van der Waals surface area contributed by atoms with Crippen molar-refractivity contribution in [1.82, 2.24) is 0 Å². The summed E-state index contributed by atoms with van der Waals surface area (Å²) in [6.45, 7) is 0. The number of carbonyl (C=O) groups excluding carboxylic acids is 1. The van der Waals surface area contributed by atoms with Gasteiger partial charge < -0.3 is 19.9 Å². The number of hydrogen-bond donors (Lipinski definition) is 3. The van der Waals surface area contributed by atoms with E-state index < -0.39 is 13.1 Å². The van der Waals surface area contributed by atoms with Gasteiger partial charge in [-0.25, -0.2) is 4.79 Å². The van der Waals surface area contributed by atoms with Gasteiger partial charge in [-0.2, -0.15) is 0 Å². The zero-order valence-corrected chi connectivity index (χ0v) is 14.1. The fraction of sp³-hybridized carbons (Fsp3) is 0.556. The van der Waals surface area contributed by atoms with Crippen LogP contribution in [0, 0.1) is 5.92 Å². The third kappa shape index (κ3) is 4.22. The molecule has 1 aromatic carbocycles. The summed E-state index contributed by atoms with van der Waals surface area (Å²) in [6, 6.07) is 4.86. The first-order valence-corrected chi connectivity index (χ1v) is 8.83. The van der Waals surface area contributed by atoms with Crippen LogP contribution in [0.1, 0.15) is 54.4 Å². The zero-order valence-electron chi connectivity index (χ0n) is 14.1. The van der Waals surface area contributed by atoms with E-state index in [1.807, 2.05) is 0 Å². The van der Waals surface area contributed by atoms with Crippen LogP contribution < -0.4 is 4.65 Å². The third-order valence-electron chi connectivity index (χ3n) is 5.27. The molecular formula is C18H23BO6. The van der Waals surface area contributed by atoms with Crippen LogP contribution in [0.5, 0.6) is 5.75 Å². The number of aliphatic hydroxyl groups excluding tert-OH is 1. The van der Waals surface area contributed by atoms with Crippen LogP contribution in [-0.2, 0) is 11.2 Å². The number of hydrogen-bond acceptors (Lipinski definition) is 5. The topological polar surface area (TPSA) is 104 Å². The lowest BCUT2D eigenvalue weighted by molar-refractivity contribution is -0.120. The number of benzene rings is 1. The first-order chi connectivity index (χ1) is 11.9. The van der Waals surface area contributed by atoms with Crippen LogP contribution in [0.3, 0.4) is 0 Å². The molecule has 0 saturated heterocycles. The van der Waals surface area contributed by atoms with Crippen molar-refractivity contribution in [3.05, 3.63) is 29.3 Å². The third-order valence-corrected chi connectivity index (χ3v) is 5.27. The molecule has 25 heavy (non-hydrogen) atoms. The molecule has 0 spiro atoms. The number of Topliss-reactive ketones (excluding diaryl/α,β-unsaturated/α-hetero) is 1. The molecule has 1 aliphatic heterocycles. The number of carboxylic acids is 1. The monoisotopic (exact) mass is 346 g/mol. The predicted molar refractivity (Wildman–Crippen MR) is 91.7 cm³/mol. The summed E-state index contributed by atoms with van der Waals surface area (Å²) in [5.41, 5.74) is 0.742. The molecule has 3 rings (SSSR count). The Morgan fingerprint density at radius 3 is 2.56 bits per heavy atom. The minimum atomic E-state index is -1.18. The summed E-state index contributed by atoms with van der Waals surface area (Å²) in [6.07, 6.45) is 4.10. The van der Waals surface area contributed by atoms with Gasteiger partial charge in [0, 0.05) is 18.7 Å². The number of aliphatic hydroxyl groups is 1. The van der Waals surface area contributed by atoms with Gasteiger partial charge in [-0.05, 0) is 49.7 Å². The normalized spacial score (nSPS) is 25.8. The number of para-hydroxylation sites is 1. The van der Waals surface area contributed by atoms with Crippen molar-refractivity contribution in [2.45, 2.75) is 56.9 Å². The smallest absolute Gasteiger partial charge is 0.526 e. The van der Waals surface area contributed by atoms with E-state index in [1.165, 1.54) is 6.07 Å². The highest BCUT2D eigenvalue weighted by Crippen LogP contribution is 2.37. The van der Waals surface area contributed by atoms with E-state index >= 15 is 0 Å². The number of rotatable bonds is 5. The van der Waals surface area contributed by atoms with E-state index in [4.69, 9.17) is 4.65 Å². The second-order valence-electron chi connectivity index (χ2n) is 7.19. The summed E-state index contributed by atoms with van der Waals surface area (Å²) < 4.78 is 5.43. The Kier molecular flexibility index (Phi) is 5.44. The van der Waals surface area contributed by atoms with Crippen molar-refractivity contribution in [2.75, 3.05) is 0 Å². The second-order valence-corrected chi connectivity index (χ2v) is 7.19. The molecule has 0 amide bonds. The van der Waals surface area contributed by atoms with Crippen LogP contribution in [-0.4, -0.2) is 40.2 Å². The molecular weight excluding hydrogens is 323 g/mol. The maximum Gasteiger partial charge on any atom is 0.526 e. The first-order valence-electron chi connectivity index (χ1n) is 8.83. The maximum absolute atomic E-state index is 12.4. The lowest BCUT2D eigenvalue weighted by Gasteiger charge is -2.29. The van der Waals surface area contributed by atoms with E-state index in [1.54, 1.807) is 12.1 Å². The predicted octanol–water partition coefficient (Wildman–Crippen LogP) is 2.07. The summed E-state index contributed by atoms with van der Waals surface area (Å²) in [5.74, 6) is -0.862. The van der Waals surface area contributed by atoms with Crippen LogP contribution in [0.4, 0.5) is 0 Å². The largest absolute Gasteiger partial charge is 0.535 e. The minimum Gasteiger partial charge on any atom is -0.535 e. The Balaban J connectivity index is 1.61. The minimum absolute atomic E-state index is 0.0297. The van der Waals surface area contributed by atoms with Crippen LogP contribution in [0.2, 0.25) is 5.82 Å². The van der Waals surface area contributed by atoms with Crippen molar-refractivity contribution in [1.29, 1.82) is 0 Å². The van der Waals surface area contributed by atoms with Gasteiger partial charge in [-0.15, -0.1) is 0 Å². The molecule has 1 atom stereocenters. The standard InChI is InChI=1S/C18H23BO6/c20-14-6-4-11(5-7-14)8-15(21)10-13-9-12-2-1-3-16(18(22)23)17(12)25-19(13)24/h1-3,11,13-14,20,24H,4-10H2,(H,22,23)/t11?,13-,14?/m1/s1. The Bertz CT molecular complexity index is 653. The number of carbonyl (C=O) groups is 2. The number of aromatic carboxylic acids is 1. The van der Waals surface area contributed by atoms with E-state index in [-0.39, 0.29) is 35.4 Å². The molecule has 6 nitrogen and oxygen atoms in total. The molecule has 134 valence electrons. The van der Waals surface area contributed by atoms with Crippen LogP contribution >= 0.6 is 0 Å². The molecule has 1 aliphatic carbocycles. The van der Waals surface area contributed by atoms with Crippen molar-refractivity contribution in [3.8, 4) is 5.75 Å². The van der Waals surface area contributed by atoms with Crippen LogP contribution in [0.25, 0.3) is 0 Å². The van der Waals surface area contributed by atoms with Crippen molar-refractivity contribution >= 4 is 18.9 Å². The summed E-state index contributed by atoms with van der Waals surface area (Å²) >= 11 is 0. The quantitative estimate of drug-likeness (QED) is 0.705. The Hall–Kier alpha value is -1.86. The number of fused-ring (bicyclic) bond motifs is 1. The lowest BCUT2D eigenvalue weighted by Crippen LogP contribution is -2.36. The molecule has 1 aromatic rings. The molecule has 1 heterocycles. The van der Waals surface area contributed by atoms with Gasteiger partial charge in [0.15, 0.2) is 0 Å². The fourth-order valence-corrected chi connectivity index (χ4v) is 3.87. The SMILES string of the molecule is O=C(CC1CCC(O)CC1)C[C@H]1Cc2cccc(C(=O)O)c2OB1O. The molecule has 0 bridgehead atoms. The second kappa shape index (κ2) is 7.58. The summed E-state index contributed by atoms with van der Waals surface area (Å²) in [4.78, 5) is 23.6. The number of ketones is 1. The molecule has 1 fully saturated rings. The molecule has 0 aromatic heterocycles. The van der Waals surface area contributed by atoms with Gasteiger partial charge in [0.1, 0.15) is 11.5 Å². The van der Waals surface area contributed by atoms with E-state index in [0.29, 0.717) is 24.3 Å². The van der Waals surface area contributed by atoms with Crippen molar-refractivity contribution in [3.63, 3.8) is 0 Å². The average molecular weight is 346 g/mol. The van der Waals surface area contributed by atoms with Crippen molar-refractivity contribution in [2.24, 2.45) is 5.92 Å². The van der Waals surface area contributed by atoms with Gasteiger partial charge >= 0.3 is 13.1 Å². The van der Waals surface area contributed by atoms with E-state index in [2.05, 4.69) is 0 Å². The Morgan fingerprint density at radius 2 is 1.88 bits per heavy atom. The highest BCUT2D eigenvalue weighted by atomic mass is 16.5. The van der Waals surface area contributed by atoms with Gasteiger partial charge in [0.05, 0.1) is 11.7 Å². The van der Waals surface area contributed by atoms with Gasteiger partial charge in [0.2, 0.25) is 0 Å². The molecule has 3 N–H and O–H groups in total. The lowest BCUT2D eigenvalue weighted by atomic mass is 9.64. The van der Waals surface area contributed by atoms with Crippen molar-refractivity contribution < 1.29 is 29.5 Å². The average Bonchev–Trinajstić information content (AvgIpc) is 2.57. The molecule has 0 unspecified atom stereocenters. The highest BCUT2D eigenvalue weighted by Gasteiger charge is 2.38. The van der Waals surface area contributed by atoms with E-state index in [0.717, 1.165) is 25.7 Å². The maximum atomic E-state index is 12.4. The van der Waals surface area contributed by atoms with Gasteiger partial charge in [-0.1, -0.05) is 12.1 Å². The van der Waals surface area contributed by atoms with E-state index in [9.17, 15) is 24.8 Å². The zero-order chi connectivity index (χ0) is 18.0. The molecule has 0 radical (unpaired) electrons. The summed E-state index contributed by atoms with van der Waals surface area (Å²) in [7, 11) is -1.18. The molecule has 7 heteroatoms.